The lowest BCUT2D eigenvalue weighted by atomic mass is 10.1. The summed E-state index contributed by atoms with van der Waals surface area (Å²) in [6.07, 6.45) is 0. The van der Waals surface area contributed by atoms with Crippen molar-refractivity contribution in [2.24, 2.45) is 10.2 Å². The van der Waals surface area contributed by atoms with Gasteiger partial charge >= 0.3 is 0 Å². The van der Waals surface area contributed by atoms with Crippen molar-refractivity contribution in [2.45, 2.75) is 4.90 Å². The minimum atomic E-state index is -4.46. The number of phenols is 1. The van der Waals surface area contributed by atoms with Crippen molar-refractivity contribution < 1.29 is 23.0 Å². The van der Waals surface area contributed by atoms with Crippen molar-refractivity contribution in [1.29, 1.82) is 0 Å². The van der Waals surface area contributed by atoms with Gasteiger partial charge in [0.05, 0.1) is 16.7 Å². The molecule has 27 heavy (non-hydrogen) atoms. The third kappa shape index (κ3) is 3.54. The van der Waals surface area contributed by atoms with Gasteiger partial charge in [0.25, 0.3) is 15.8 Å². The van der Waals surface area contributed by atoms with E-state index in [1.54, 1.807) is 6.07 Å². The van der Waals surface area contributed by atoms with E-state index >= 15 is 0 Å². The average Bonchev–Trinajstić information content (AvgIpc) is 2.60. The van der Waals surface area contributed by atoms with Gasteiger partial charge in [-0.15, -0.1) is 10.2 Å². The van der Waals surface area contributed by atoms with Crippen LogP contribution in [0.2, 0.25) is 0 Å². The lowest BCUT2D eigenvalue weighted by Gasteiger charge is -2.08. The molecule has 0 atom stereocenters. The summed E-state index contributed by atoms with van der Waals surface area (Å²) in [4.78, 5) is 9.73. The molecule has 0 amide bonds. The predicted octanol–water partition coefficient (Wildman–Crippen LogP) is 3.70. The number of benzene rings is 3. The number of azo groups is 1. The number of nitro benzene ring substituents is 1. The Hall–Kier alpha value is -3.57. The van der Waals surface area contributed by atoms with Crippen LogP contribution in [0.15, 0.2) is 63.7 Å². The van der Waals surface area contributed by atoms with Gasteiger partial charge in [-0.2, -0.15) is 8.42 Å². The van der Waals surface area contributed by atoms with E-state index in [4.69, 9.17) is 5.73 Å². The molecule has 138 valence electrons. The first-order valence-corrected chi connectivity index (χ1v) is 8.80. The lowest BCUT2D eigenvalue weighted by molar-refractivity contribution is -0.384. The Balaban J connectivity index is 2.14. The summed E-state index contributed by atoms with van der Waals surface area (Å²) in [5.74, 6) is -0.453. The fourth-order valence-electron chi connectivity index (χ4n) is 2.48. The van der Waals surface area contributed by atoms with E-state index in [2.05, 4.69) is 10.2 Å². The molecule has 0 spiro atoms. The molecule has 0 aromatic heterocycles. The zero-order chi connectivity index (χ0) is 19.8. The Morgan fingerprint density at radius 3 is 2.41 bits per heavy atom. The maximum absolute atomic E-state index is 11.5. The normalized spacial score (nSPS) is 11.9. The highest BCUT2D eigenvalue weighted by Crippen LogP contribution is 2.37. The van der Waals surface area contributed by atoms with Crippen molar-refractivity contribution >= 4 is 43.6 Å². The van der Waals surface area contributed by atoms with Crippen LogP contribution in [0.4, 0.5) is 22.7 Å². The predicted molar refractivity (Wildman–Crippen MR) is 97.1 cm³/mol. The number of nitrogens with two attached hydrogens (primary N) is 1. The molecule has 0 fully saturated rings. The fraction of sp³-hybridized carbons (Fsp3) is 0. The highest BCUT2D eigenvalue weighted by molar-refractivity contribution is 7.86. The molecule has 10 nitrogen and oxygen atoms in total. The van der Waals surface area contributed by atoms with E-state index < -0.39 is 20.8 Å². The molecule has 4 N–H and O–H groups in total. The molecule has 3 aromatic rings. The van der Waals surface area contributed by atoms with Crippen LogP contribution in [0.25, 0.3) is 10.8 Å². The first-order chi connectivity index (χ1) is 12.7. The number of hydrogen-bond donors (Lipinski definition) is 3. The lowest BCUT2D eigenvalue weighted by Crippen LogP contribution is -1.99. The van der Waals surface area contributed by atoms with Gasteiger partial charge in [-0.3, -0.25) is 14.7 Å². The van der Waals surface area contributed by atoms with Crippen LogP contribution in [0.5, 0.6) is 5.75 Å². The molecule has 0 saturated heterocycles. The maximum atomic E-state index is 11.5. The van der Waals surface area contributed by atoms with Gasteiger partial charge in [-0.1, -0.05) is 18.2 Å². The van der Waals surface area contributed by atoms with Gasteiger partial charge in [0.2, 0.25) is 0 Å². The third-order valence-corrected chi connectivity index (χ3v) is 4.64. The van der Waals surface area contributed by atoms with Crippen LogP contribution in [0.3, 0.4) is 0 Å². The summed E-state index contributed by atoms with van der Waals surface area (Å²) >= 11 is 0. The van der Waals surface area contributed by atoms with E-state index in [-0.39, 0.29) is 33.0 Å². The van der Waals surface area contributed by atoms with Gasteiger partial charge in [0.1, 0.15) is 22.0 Å². The molecular weight excluding hydrogens is 376 g/mol. The highest BCUT2D eigenvalue weighted by atomic mass is 32.2. The second kappa shape index (κ2) is 6.63. The molecule has 3 rings (SSSR count). The first-order valence-electron chi connectivity index (χ1n) is 7.36. The minimum absolute atomic E-state index is 0.0389. The van der Waals surface area contributed by atoms with Gasteiger partial charge in [-0.05, 0) is 18.2 Å². The third-order valence-electron chi connectivity index (χ3n) is 3.73. The van der Waals surface area contributed by atoms with Crippen molar-refractivity contribution in [3.8, 4) is 5.75 Å². The van der Waals surface area contributed by atoms with Crippen LogP contribution >= 0.6 is 0 Å². The molecule has 0 aliphatic heterocycles. The molecule has 3 aromatic carbocycles. The van der Waals surface area contributed by atoms with Gasteiger partial charge in [-0.25, -0.2) is 0 Å². The van der Waals surface area contributed by atoms with Gasteiger partial charge < -0.3 is 10.8 Å². The molecule has 0 radical (unpaired) electrons. The van der Waals surface area contributed by atoms with E-state index in [0.717, 1.165) is 12.1 Å². The van der Waals surface area contributed by atoms with E-state index in [9.17, 15) is 28.2 Å². The number of rotatable bonds is 4. The molecule has 11 heteroatoms. The summed E-state index contributed by atoms with van der Waals surface area (Å²) in [6.45, 7) is 0. The Labute approximate surface area is 152 Å². The number of nitro groups is 1. The van der Waals surface area contributed by atoms with Gasteiger partial charge in [0, 0.05) is 16.8 Å². The van der Waals surface area contributed by atoms with Crippen molar-refractivity contribution in [1.82, 2.24) is 0 Å². The molecule has 0 bridgehead atoms. The average molecular weight is 388 g/mol. The molecular formula is C16H12N4O6S. The number of non-ortho nitro benzene ring substituents is 1. The summed E-state index contributed by atoms with van der Waals surface area (Å²) in [5.41, 5.74) is 5.85. The van der Waals surface area contributed by atoms with Crippen molar-refractivity contribution in [3.05, 3.63) is 58.6 Å². The van der Waals surface area contributed by atoms with Crippen LogP contribution in [-0.4, -0.2) is 23.0 Å². The summed E-state index contributed by atoms with van der Waals surface area (Å²) in [7, 11) is -4.46. The molecule has 0 aliphatic carbocycles. The second-order valence-corrected chi connectivity index (χ2v) is 6.85. The Morgan fingerprint density at radius 1 is 1.04 bits per heavy atom. The second-order valence-electron chi connectivity index (χ2n) is 5.46. The SMILES string of the molecule is Nc1ccc2c(S(=O)(=O)O)cccc2c1N=Nc1ccc([N+](=O)[O-])cc1O. The number of fused-ring (bicyclic) bond motifs is 1. The Morgan fingerprint density at radius 2 is 1.78 bits per heavy atom. The molecule has 0 saturated carbocycles. The van der Waals surface area contributed by atoms with Crippen LogP contribution in [0.1, 0.15) is 0 Å². The Kier molecular flexibility index (Phi) is 4.47. The zero-order valence-electron chi connectivity index (χ0n) is 13.5. The standard InChI is InChI=1S/C16H12N4O6S/c17-12-6-5-10-11(2-1-3-15(10)27(24,25)26)16(12)19-18-13-7-4-9(20(22)23)8-14(13)21/h1-8,21H,17H2,(H,24,25,26). The number of aromatic hydroxyl groups is 1. The monoisotopic (exact) mass is 388 g/mol. The van der Waals surface area contributed by atoms with Crippen LogP contribution in [-0.2, 0) is 10.1 Å². The number of nitrogens with zero attached hydrogens (tertiary/aromatic N) is 3. The van der Waals surface area contributed by atoms with Crippen LogP contribution in [0, 0.1) is 10.1 Å². The van der Waals surface area contributed by atoms with Gasteiger partial charge in [0.15, 0.2) is 0 Å². The number of anilines is 1. The minimum Gasteiger partial charge on any atom is -0.505 e. The Bertz CT molecular complexity index is 1210. The molecule has 0 unspecified atom stereocenters. The number of phenolic OH excluding ortho intramolecular Hbond substituents is 1. The topological polar surface area (TPSA) is 168 Å². The maximum Gasteiger partial charge on any atom is 0.295 e. The molecule has 0 heterocycles. The fourth-order valence-corrected chi connectivity index (χ4v) is 3.19. The number of hydrogen-bond acceptors (Lipinski definition) is 8. The van der Waals surface area contributed by atoms with E-state index in [1.165, 1.54) is 30.3 Å². The summed E-state index contributed by atoms with van der Waals surface area (Å²) in [6, 6.07) is 10.3. The van der Waals surface area contributed by atoms with Crippen molar-refractivity contribution in [2.75, 3.05) is 5.73 Å². The summed E-state index contributed by atoms with van der Waals surface area (Å²) < 4.78 is 32.4. The van der Waals surface area contributed by atoms with Crippen LogP contribution < -0.4 is 5.73 Å². The smallest absolute Gasteiger partial charge is 0.295 e. The molecule has 0 aliphatic rings. The highest BCUT2D eigenvalue weighted by Gasteiger charge is 2.16. The first kappa shape index (κ1) is 18.2. The largest absolute Gasteiger partial charge is 0.505 e. The summed E-state index contributed by atoms with van der Waals surface area (Å²) in [5, 5.41) is 28.9. The van der Waals surface area contributed by atoms with Crippen molar-refractivity contribution in [3.63, 3.8) is 0 Å². The van der Waals surface area contributed by atoms with E-state index in [1.807, 2.05) is 0 Å². The van der Waals surface area contributed by atoms with E-state index in [0.29, 0.717) is 5.39 Å². The zero-order valence-corrected chi connectivity index (χ0v) is 14.3. The quantitative estimate of drug-likeness (QED) is 0.201. The number of nitrogen functional groups attached to an aromatic ring is 1.